The lowest BCUT2D eigenvalue weighted by Gasteiger charge is -2.27. The van der Waals surface area contributed by atoms with Gasteiger partial charge in [-0.25, -0.2) is 4.39 Å². The van der Waals surface area contributed by atoms with Crippen molar-refractivity contribution in [3.8, 4) is 5.75 Å². The molecule has 1 amide bonds. The predicted molar refractivity (Wildman–Crippen MR) is 73.5 cm³/mol. The van der Waals surface area contributed by atoms with E-state index < -0.39 is 17.3 Å². The molecule has 0 aliphatic carbocycles. The Hall–Kier alpha value is -1.14. The third kappa shape index (κ3) is 4.80. The van der Waals surface area contributed by atoms with Gasteiger partial charge in [0, 0.05) is 4.47 Å². The maximum absolute atomic E-state index is 13.4. The summed E-state index contributed by atoms with van der Waals surface area (Å²) in [6.45, 7) is 3.12. The summed E-state index contributed by atoms with van der Waals surface area (Å²) in [5.74, 6) is -0.927. The summed E-state index contributed by atoms with van der Waals surface area (Å²) < 4.78 is 19.1. The molecular formula is C13H17BrFNO3. The number of halogens is 2. The van der Waals surface area contributed by atoms with Crippen molar-refractivity contribution in [3.63, 3.8) is 0 Å². The minimum atomic E-state index is -0.682. The molecule has 0 spiro atoms. The minimum absolute atomic E-state index is 0.0144. The van der Waals surface area contributed by atoms with Crippen LogP contribution in [0.15, 0.2) is 22.7 Å². The summed E-state index contributed by atoms with van der Waals surface area (Å²) in [6.07, 6.45) is 0.585. The molecule has 0 radical (unpaired) electrons. The van der Waals surface area contributed by atoms with Crippen molar-refractivity contribution in [3.05, 3.63) is 28.5 Å². The van der Waals surface area contributed by atoms with E-state index in [1.807, 2.05) is 6.92 Å². The van der Waals surface area contributed by atoms with E-state index >= 15 is 0 Å². The molecule has 0 aliphatic rings. The van der Waals surface area contributed by atoms with Crippen LogP contribution in [0.4, 0.5) is 4.39 Å². The molecule has 19 heavy (non-hydrogen) atoms. The van der Waals surface area contributed by atoms with Crippen LogP contribution in [0.5, 0.6) is 5.75 Å². The molecule has 6 heteroatoms. The van der Waals surface area contributed by atoms with Gasteiger partial charge in [0.15, 0.2) is 18.2 Å². The minimum Gasteiger partial charge on any atom is -0.481 e. The highest BCUT2D eigenvalue weighted by molar-refractivity contribution is 9.10. The van der Waals surface area contributed by atoms with E-state index in [1.165, 1.54) is 12.1 Å². The molecule has 0 bridgehead atoms. The molecule has 0 aliphatic heterocycles. The van der Waals surface area contributed by atoms with Crippen molar-refractivity contribution >= 4 is 21.8 Å². The van der Waals surface area contributed by atoms with Gasteiger partial charge in [0.25, 0.3) is 5.91 Å². The standard InChI is InChI=1S/C13H17BrFNO3/c1-3-13(2,8-17)16-12(18)7-19-11-5-4-9(14)6-10(11)15/h4-6,17H,3,7-8H2,1-2H3,(H,16,18). The summed E-state index contributed by atoms with van der Waals surface area (Å²) >= 11 is 3.13. The summed E-state index contributed by atoms with van der Waals surface area (Å²) in [5.41, 5.74) is -0.682. The zero-order valence-electron chi connectivity index (χ0n) is 10.9. The van der Waals surface area contributed by atoms with E-state index in [9.17, 15) is 14.3 Å². The number of ether oxygens (including phenoxy) is 1. The second kappa shape index (κ2) is 6.86. The molecule has 0 saturated carbocycles. The lowest BCUT2D eigenvalue weighted by atomic mass is 10.0. The Bertz CT molecular complexity index is 450. The molecule has 4 nitrogen and oxygen atoms in total. The van der Waals surface area contributed by atoms with Crippen LogP contribution in [0.3, 0.4) is 0 Å². The van der Waals surface area contributed by atoms with E-state index in [4.69, 9.17) is 4.74 Å². The highest BCUT2D eigenvalue weighted by atomic mass is 79.9. The second-order valence-electron chi connectivity index (χ2n) is 4.48. The molecule has 1 atom stereocenters. The van der Waals surface area contributed by atoms with Gasteiger partial charge in [0.2, 0.25) is 0 Å². The molecule has 0 aromatic heterocycles. The zero-order valence-corrected chi connectivity index (χ0v) is 12.5. The third-order valence-corrected chi connectivity index (χ3v) is 3.32. The number of benzene rings is 1. The molecular weight excluding hydrogens is 317 g/mol. The second-order valence-corrected chi connectivity index (χ2v) is 5.40. The van der Waals surface area contributed by atoms with Crippen LogP contribution in [0, 0.1) is 5.82 Å². The summed E-state index contributed by atoms with van der Waals surface area (Å²) in [5, 5.41) is 11.8. The van der Waals surface area contributed by atoms with Crippen molar-refractivity contribution < 1.29 is 19.0 Å². The number of hydrogen-bond donors (Lipinski definition) is 2. The van der Waals surface area contributed by atoms with Crippen molar-refractivity contribution in [1.82, 2.24) is 5.32 Å². The fourth-order valence-electron chi connectivity index (χ4n) is 1.35. The Labute approximate surface area is 120 Å². The van der Waals surface area contributed by atoms with Crippen LogP contribution in [-0.2, 0) is 4.79 Å². The molecule has 0 heterocycles. The van der Waals surface area contributed by atoms with Gasteiger partial charge in [-0.1, -0.05) is 22.9 Å². The van der Waals surface area contributed by atoms with E-state index in [0.717, 1.165) is 0 Å². The van der Waals surface area contributed by atoms with Gasteiger partial charge in [-0.2, -0.15) is 0 Å². The zero-order chi connectivity index (χ0) is 14.5. The van der Waals surface area contributed by atoms with Crippen molar-refractivity contribution in [1.29, 1.82) is 0 Å². The van der Waals surface area contributed by atoms with E-state index in [1.54, 1.807) is 13.0 Å². The normalized spacial score (nSPS) is 13.7. The Morgan fingerprint density at radius 3 is 2.79 bits per heavy atom. The number of carbonyl (C=O) groups excluding carboxylic acids is 1. The van der Waals surface area contributed by atoms with Gasteiger partial charge in [0.1, 0.15) is 0 Å². The van der Waals surface area contributed by atoms with Crippen LogP contribution in [0.25, 0.3) is 0 Å². The van der Waals surface area contributed by atoms with Gasteiger partial charge < -0.3 is 15.2 Å². The topological polar surface area (TPSA) is 58.6 Å². The van der Waals surface area contributed by atoms with Crippen LogP contribution in [0.1, 0.15) is 20.3 Å². The fraction of sp³-hybridized carbons (Fsp3) is 0.462. The largest absolute Gasteiger partial charge is 0.481 e. The number of hydrogen-bond acceptors (Lipinski definition) is 3. The first-order chi connectivity index (χ1) is 8.90. The summed E-state index contributed by atoms with van der Waals surface area (Å²) in [4.78, 5) is 11.6. The molecule has 0 fully saturated rings. The monoisotopic (exact) mass is 333 g/mol. The van der Waals surface area contributed by atoms with Crippen molar-refractivity contribution in [2.75, 3.05) is 13.2 Å². The van der Waals surface area contributed by atoms with Gasteiger partial charge in [-0.3, -0.25) is 4.79 Å². The Kier molecular flexibility index (Phi) is 5.75. The van der Waals surface area contributed by atoms with Gasteiger partial charge in [-0.05, 0) is 31.5 Å². The Morgan fingerprint density at radius 1 is 1.58 bits per heavy atom. The number of nitrogens with one attached hydrogen (secondary N) is 1. The van der Waals surface area contributed by atoms with Crippen LogP contribution in [-0.4, -0.2) is 29.8 Å². The highest BCUT2D eigenvalue weighted by Gasteiger charge is 2.23. The average Bonchev–Trinajstić information content (AvgIpc) is 2.37. The Morgan fingerprint density at radius 2 is 2.26 bits per heavy atom. The maximum Gasteiger partial charge on any atom is 0.258 e. The Balaban J connectivity index is 2.55. The highest BCUT2D eigenvalue weighted by Crippen LogP contribution is 2.21. The number of aliphatic hydroxyl groups is 1. The number of rotatable bonds is 6. The van der Waals surface area contributed by atoms with Gasteiger partial charge in [0.05, 0.1) is 12.1 Å². The van der Waals surface area contributed by atoms with Crippen LogP contribution >= 0.6 is 15.9 Å². The quantitative estimate of drug-likeness (QED) is 0.839. The lowest BCUT2D eigenvalue weighted by molar-refractivity contribution is -0.125. The summed E-state index contributed by atoms with van der Waals surface area (Å²) in [7, 11) is 0. The fourth-order valence-corrected chi connectivity index (χ4v) is 1.68. The van der Waals surface area contributed by atoms with E-state index in [2.05, 4.69) is 21.2 Å². The molecule has 0 saturated heterocycles. The van der Waals surface area contributed by atoms with Crippen molar-refractivity contribution in [2.24, 2.45) is 0 Å². The molecule has 1 rings (SSSR count). The lowest BCUT2D eigenvalue weighted by Crippen LogP contribution is -2.49. The molecule has 1 unspecified atom stereocenters. The van der Waals surface area contributed by atoms with Crippen molar-refractivity contribution in [2.45, 2.75) is 25.8 Å². The van der Waals surface area contributed by atoms with Crippen LogP contribution in [0.2, 0.25) is 0 Å². The average molecular weight is 334 g/mol. The SMILES string of the molecule is CCC(C)(CO)NC(=O)COc1ccc(Br)cc1F. The first-order valence-corrected chi connectivity index (χ1v) is 6.69. The third-order valence-electron chi connectivity index (χ3n) is 2.82. The number of carbonyl (C=O) groups is 1. The van der Waals surface area contributed by atoms with Crippen LogP contribution < -0.4 is 10.1 Å². The molecule has 106 valence electrons. The van der Waals surface area contributed by atoms with E-state index in [0.29, 0.717) is 10.9 Å². The van der Waals surface area contributed by atoms with Gasteiger partial charge >= 0.3 is 0 Å². The predicted octanol–water partition coefficient (Wildman–Crippen LogP) is 2.24. The number of aliphatic hydroxyl groups excluding tert-OH is 1. The van der Waals surface area contributed by atoms with E-state index in [-0.39, 0.29) is 19.0 Å². The first kappa shape index (κ1) is 15.9. The number of amides is 1. The molecule has 1 aromatic rings. The smallest absolute Gasteiger partial charge is 0.258 e. The first-order valence-electron chi connectivity index (χ1n) is 5.90. The summed E-state index contributed by atoms with van der Waals surface area (Å²) in [6, 6.07) is 4.33. The molecule has 2 N–H and O–H groups in total. The molecule has 1 aromatic carbocycles. The maximum atomic E-state index is 13.4. The van der Waals surface area contributed by atoms with Gasteiger partial charge in [-0.15, -0.1) is 0 Å².